The van der Waals surface area contributed by atoms with E-state index in [1.807, 2.05) is 36.6 Å². The van der Waals surface area contributed by atoms with Crippen LogP contribution in [0.4, 0.5) is 5.13 Å². The molecule has 1 N–H and O–H groups in total. The molecule has 0 fully saturated rings. The van der Waals surface area contributed by atoms with Gasteiger partial charge in [0.25, 0.3) is 0 Å². The summed E-state index contributed by atoms with van der Waals surface area (Å²) < 4.78 is 10.5. The zero-order valence-corrected chi connectivity index (χ0v) is 14.0. The van der Waals surface area contributed by atoms with Gasteiger partial charge in [-0.05, 0) is 25.1 Å². The minimum atomic E-state index is -0.212. The van der Waals surface area contributed by atoms with E-state index < -0.39 is 0 Å². The van der Waals surface area contributed by atoms with Crippen LogP contribution in [0.5, 0.6) is 11.5 Å². The van der Waals surface area contributed by atoms with Crippen LogP contribution in [0.25, 0.3) is 11.3 Å². The quantitative estimate of drug-likeness (QED) is 0.644. The fourth-order valence-corrected chi connectivity index (χ4v) is 2.58. The highest BCUT2D eigenvalue weighted by atomic mass is 32.1. The second-order valence-corrected chi connectivity index (χ2v) is 5.34. The summed E-state index contributed by atoms with van der Waals surface area (Å²) in [5.74, 6) is 1.09. The van der Waals surface area contributed by atoms with Gasteiger partial charge in [0.2, 0.25) is 5.91 Å². The fraction of sp³-hybridized carbons (Fsp3) is 0.176. The van der Waals surface area contributed by atoms with Crippen LogP contribution < -0.4 is 14.8 Å². The number of nitrogens with one attached hydrogen (secondary N) is 1. The van der Waals surface area contributed by atoms with Crippen LogP contribution in [0.1, 0.15) is 6.92 Å². The van der Waals surface area contributed by atoms with Gasteiger partial charge in [-0.1, -0.05) is 18.2 Å². The van der Waals surface area contributed by atoms with Gasteiger partial charge in [0.15, 0.2) is 16.6 Å². The normalized spacial score (nSPS) is 11.1. The largest absolute Gasteiger partial charge is 0.493 e. The maximum atomic E-state index is 11.7. The van der Waals surface area contributed by atoms with Crippen molar-refractivity contribution in [1.29, 1.82) is 0 Å². The highest BCUT2D eigenvalue weighted by Crippen LogP contribution is 2.33. The van der Waals surface area contributed by atoms with Crippen LogP contribution in [-0.2, 0) is 4.79 Å². The summed E-state index contributed by atoms with van der Waals surface area (Å²) >= 11 is 1.37. The number of aromatic nitrogens is 1. The maximum absolute atomic E-state index is 11.7. The number of hydrogen-bond donors (Lipinski definition) is 1. The molecule has 0 aliphatic carbocycles. The molecule has 0 saturated heterocycles. The first-order valence-corrected chi connectivity index (χ1v) is 7.84. The standard InChI is InChI=1S/C17H18N2O3S/c1-4-5-6-7-16(20)19-17-18-13(11-23-17)12-8-9-14(21-2)15(10-12)22-3/h4-11H,1-3H3,(H,18,19,20)/b5-4+,7-6+. The lowest BCUT2D eigenvalue weighted by Crippen LogP contribution is -2.07. The molecule has 1 amide bonds. The minimum absolute atomic E-state index is 0.212. The number of benzene rings is 1. The molecule has 0 unspecified atom stereocenters. The van der Waals surface area contributed by atoms with Crippen molar-refractivity contribution in [2.45, 2.75) is 6.92 Å². The van der Waals surface area contributed by atoms with Crippen molar-refractivity contribution < 1.29 is 14.3 Å². The molecule has 1 aromatic carbocycles. The van der Waals surface area contributed by atoms with E-state index in [1.165, 1.54) is 17.4 Å². The van der Waals surface area contributed by atoms with E-state index in [-0.39, 0.29) is 5.91 Å². The summed E-state index contributed by atoms with van der Waals surface area (Å²) in [4.78, 5) is 16.1. The van der Waals surface area contributed by atoms with Crippen LogP contribution in [0.3, 0.4) is 0 Å². The number of thiazole rings is 1. The Hall–Kier alpha value is -2.60. The van der Waals surface area contributed by atoms with E-state index >= 15 is 0 Å². The second kappa shape index (κ2) is 8.14. The van der Waals surface area contributed by atoms with Crippen molar-refractivity contribution in [3.05, 3.63) is 47.9 Å². The zero-order valence-electron chi connectivity index (χ0n) is 13.2. The molecule has 0 radical (unpaired) electrons. The molecule has 0 aliphatic heterocycles. The summed E-state index contributed by atoms with van der Waals surface area (Å²) in [6, 6.07) is 5.57. The molecule has 1 aromatic heterocycles. The number of allylic oxidation sites excluding steroid dienone is 3. The van der Waals surface area contributed by atoms with Crippen molar-refractivity contribution in [2.24, 2.45) is 0 Å². The van der Waals surface area contributed by atoms with Gasteiger partial charge in [-0.2, -0.15) is 0 Å². The van der Waals surface area contributed by atoms with Gasteiger partial charge in [-0.3, -0.25) is 10.1 Å². The smallest absolute Gasteiger partial charge is 0.250 e. The first-order chi connectivity index (χ1) is 11.2. The molecular weight excluding hydrogens is 312 g/mol. The number of rotatable bonds is 6. The molecule has 2 rings (SSSR count). The Morgan fingerprint density at radius 3 is 2.70 bits per heavy atom. The van der Waals surface area contributed by atoms with Crippen LogP contribution in [0.2, 0.25) is 0 Å². The summed E-state index contributed by atoms with van der Waals surface area (Å²) in [6.45, 7) is 1.89. The van der Waals surface area contributed by atoms with Gasteiger partial charge in [0.1, 0.15) is 0 Å². The SMILES string of the molecule is C/C=C/C=C/C(=O)Nc1nc(-c2ccc(OC)c(OC)c2)cs1. The van der Waals surface area contributed by atoms with Crippen LogP contribution in [-0.4, -0.2) is 25.1 Å². The molecular formula is C17H18N2O3S. The van der Waals surface area contributed by atoms with E-state index in [1.54, 1.807) is 26.4 Å². The Morgan fingerprint density at radius 1 is 1.22 bits per heavy atom. The number of carbonyl (C=O) groups excluding carboxylic acids is 1. The Balaban J connectivity index is 2.14. The van der Waals surface area contributed by atoms with Crippen molar-refractivity contribution >= 4 is 22.4 Å². The molecule has 0 atom stereocenters. The number of anilines is 1. The number of hydrogen-bond acceptors (Lipinski definition) is 5. The lowest BCUT2D eigenvalue weighted by molar-refractivity contribution is -0.111. The maximum Gasteiger partial charge on any atom is 0.250 e. The molecule has 120 valence electrons. The van der Waals surface area contributed by atoms with Crippen molar-refractivity contribution in [3.63, 3.8) is 0 Å². The number of ether oxygens (including phenoxy) is 2. The van der Waals surface area contributed by atoms with E-state index in [2.05, 4.69) is 10.3 Å². The zero-order chi connectivity index (χ0) is 16.7. The van der Waals surface area contributed by atoms with E-state index in [9.17, 15) is 4.79 Å². The Morgan fingerprint density at radius 2 is 2.00 bits per heavy atom. The summed E-state index contributed by atoms with van der Waals surface area (Å²) in [7, 11) is 3.18. The molecule has 0 bridgehead atoms. The minimum Gasteiger partial charge on any atom is -0.493 e. The molecule has 23 heavy (non-hydrogen) atoms. The lowest BCUT2D eigenvalue weighted by atomic mass is 10.1. The summed E-state index contributed by atoms with van der Waals surface area (Å²) in [5.41, 5.74) is 1.66. The van der Waals surface area contributed by atoms with Gasteiger partial charge < -0.3 is 9.47 Å². The Labute approximate surface area is 139 Å². The van der Waals surface area contributed by atoms with Gasteiger partial charge >= 0.3 is 0 Å². The molecule has 1 heterocycles. The highest BCUT2D eigenvalue weighted by Gasteiger charge is 2.10. The third-order valence-corrected chi connectivity index (χ3v) is 3.72. The van der Waals surface area contributed by atoms with E-state index in [0.29, 0.717) is 16.6 Å². The van der Waals surface area contributed by atoms with Gasteiger partial charge in [0.05, 0.1) is 19.9 Å². The van der Waals surface area contributed by atoms with Crippen molar-refractivity contribution in [2.75, 3.05) is 19.5 Å². The highest BCUT2D eigenvalue weighted by molar-refractivity contribution is 7.14. The third-order valence-electron chi connectivity index (χ3n) is 2.96. The van der Waals surface area contributed by atoms with E-state index in [0.717, 1.165) is 11.3 Å². The summed E-state index contributed by atoms with van der Waals surface area (Å²) in [5, 5.41) is 5.16. The molecule has 2 aromatic rings. The molecule has 6 heteroatoms. The Bertz CT molecular complexity index is 735. The monoisotopic (exact) mass is 330 g/mol. The van der Waals surface area contributed by atoms with Gasteiger partial charge in [0, 0.05) is 17.0 Å². The molecule has 0 spiro atoms. The van der Waals surface area contributed by atoms with Crippen LogP contribution in [0, 0.1) is 0 Å². The second-order valence-electron chi connectivity index (χ2n) is 4.48. The first-order valence-electron chi connectivity index (χ1n) is 6.96. The molecule has 5 nitrogen and oxygen atoms in total. The van der Waals surface area contributed by atoms with Gasteiger partial charge in [-0.15, -0.1) is 11.3 Å². The number of methoxy groups -OCH3 is 2. The molecule has 0 saturated carbocycles. The van der Waals surface area contributed by atoms with Crippen molar-refractivity contribution in [3.8, 4) is 22.8 Å². The predicted octanol–water partition coefficient (Wildman–Crippen LogP) is 3.90. The van der Waals surface area contributed by atoms with Gasteiger partial charge in [-0.25, -0.2) is 4.98 Å². The fourth-order valence-electron chi connectivity index (χ4n) is 1.86. The average Bonchev–Trinajstić information content (AvgIpc) is 3.02. The van der Waals surface area contributed by atoms with Crippen molar-refractivity contribution in [1.82, 2.24) is 4.98 Å². The van der Waals surface area contributed by atoms with Crippen LogP contribution in [0.15, 0.2) is 47.9 Å². The average molecular weight is 330 g/mol. The summed E-state index contributed by atoms with van der Waals surface area (Å²) in [6.07, 6.45) is 6.77. The topological polar surface area (TPSA) is 60.5 Å². The van der Waals surface area contributed by atoms with Crippen LogP contribution >= 0.6 is 11.3 Å². The number of amides is 1. The number of nitrogens with zero attached hydrogens (tertiary/aromatic N) is 1. The first kappa shape index (κ1) is 16.8. The molecule has 0 aliphatic rings. The lowest BCUT2D eigenvalue weighted by Gasteiger charge is -2.08. The predicted molar refractivity (Wildman–Crippen MR) is 93.2 cm³/mol. The number of carbonyl (C=O) groups is 1. The third kappa shape index (κ3) is 4.43. The Kier molecular flexibility index (Phi) is 5.94. The van der Waals surface area contributed by atoms with E-state index in [4.69, 9.17) is 9.47 Å².